The average molecular weight is 626 g/mol. The van der Waals surface area contributed by atoms with Crippen LogP contribution in [0.1, 0.15) is 85.0 Å². The summed E-state index contributed by atoms with van der Waals surface area (Å²) in [4.78, 5) is 55.1. The molecule has 0 spiro atoms. The van der Waals surface area contributed by atoms with Crippen molar-refractivity contribution in [2.45, 2.75) is 114 Å². The molecule has 5 atom stereocenters. The molecule has 0 radical (unpaired) electrons. The molecule has 4 amide bonds. The van der Waals surface area contributed by atoms with E-state index >= 15 is 0 Å². The van der Waals surface area contributed by atoms with Crippen LogP contribution in [0.25, 0.3) is 0 Å². The lowest BCUT2D eigenvalue weighted by atomic mass is 10.0. The van der Waals surface area contributed by atoms with Crippen molar-refractivity contribution >= 4 is 34.0 Å². The Morgan fingerprint density at radius 3 is 2.53 bits per heavy atom. The van der Waals surface area contributed by atoms with E-state index in [9.17, 15) is 27.6 Å². The van der Waals surface area contributed by atoms with E-state index in [1.54, 1.807) is 20.8 Å². The van der Waals surface area contributed by atoms with Gasteiger partial charge in [-0.1, -0.05) is 25.0 Å². The van der Waals surface area contributed by atoms with Gasteiger partial charge in [-0.25, -0.2) is 9.52 Å². The Balaban J connectivity index is 1.54. The lowest BCUT2D eigenvalue weighted by molar-refractivity contribution is -0.141. The maximum atomic E-state index is 13.7. The summed E-state index contributed by atoms with van der Waals surface area (Å²) < 4.78 is 40.6. The van der Waals surface area contributed by atoms with Gasteiger partial charge in [0.1, 0.15) is 23.2 Å². The normalized spacial score (nSPS) is 30.8. The largest absolute Gasteiger partial charge is 0.444 e. The second kappa shape index (κ2) is 13.5. The van der Waals surface area contributed by atoms with Gasteiger partial charge in [0.15, 0.2) is 0 Å². The Bertz CT molecular complexity index is 1200. The molecule has 2 saturated heterocycles. The van der Waals surface area contributed by atoms with Gasteiger partial charge in [0, 0.05) is 32.2 Å². The van der Waals surface area contributed by atoms with Crippen molar-refractivity contribution in [3.63, 3.8) is 0 Å². The summed E-state index contributed by atoms with van der Waals surface area (Å²) in [7, 11) is -2.67. The van der Waals surface area contributed by atoms with Gasteiger partial charge in [0.2, 0.25) is 11.8 Å². The van der Waals surface area contributed by atoms with E-state index in [1.165, 1.54) is 16.3 Å². The Labute approximate surface area is 254 Å². The second-order valence-corrected chi connectivity index (χ2v) is 14.6. The topological polar surface area (TPSA) is 163 Å². The third kappa shape index (κ3) is 8.07. The van der Waals surface area contributed by atoms with Gasteiger partial charge in [0.25, 0.3) is 5.91 Å². The molecule has 3 fully saturated rings. The summed E-state index contributed by atoms with van der Waals surface area (Å²) in [5.41, 5.74) is -2.18. The Hall–Kier alpha value is -2.71. The highest BCUT2D eigenvalue weighted by atomic mass is 32.2. The maximum absolute atomic E-state index is 13.7. The Kier molecular flexibility index (Phi) is 10.4. The number of ether oxygens (including phenoxy) is 2. The number of nitrogens with zero attached hydrogens (tertiary/aromatic N) is 2. The fraction of sp³-hybridized carbons (Fsp3) is 0.793. The van der Waals surface area contributed by atoms with Crippen LogP contribution in [0.3, 0.4) is 0 Å². The molecule has 14 heteroatoms. The summed E-state index contributed by atoms with van der Waals surface area (Å²) >= 11 is 0. The van der Waals surface area contributed by atoms with Crippen LogP contribution in [0.2, 0.25) is 0 Å². The molecule has 43 heavy (non-hydrogen) atoms. The summed E-state index contributed by atoms with van der Waals surface area (Å²) in [6.45, 7) is 6.05. The third-order valence-corrected chi connectivity index (χ3v) is 10.1. The molecule has 0 aromatic carbocycles. The van der Waals surface area contributed by atoms with E-state index in [-0.39, 0.29) is 37.4 Å². The number of fused-ring (bicyclic) bond motifs is 2. The van der Waals surface area contributed by atoms with Gasteiger partial charge >= 0.3 is 16.3 Å². The standard InChI is InChI=1S/C29H47N5O8S/c1-28(2,3)42-27(38)30-22-14-9-7-5-6-8-12-20-18-29(20,31-24(35)23-15-11-16-33(23)25(22)36)26(37)32-43(39,40)34-17-10-13-21(34)19-41-4/h8,12,20-23H,5-7,9-11,13-19H2,1-4H3,(H,30,38)(H,31,35)(H,32,37)/t20-,21-,22+,23+,29-/m1/s1. The number of carbonyl (C=O) groups excluding carboxylic acids is 4. The lowest BCUT2D eigenvalue weighted by Gasteiger charge is -2.31. The van der Waals surface area contributed by atoms with Gasteiger partial charge in [-0.05, 0) is 72.1 Å². The van der Waals surface area contributed by atoms with Crippen LogP contribution in [0.4, 0.5) is 4.79 Å². The molecule has 3 N–H and O–H groups in total. The average Bonchev–Trinajstić information content (AvgIpc) is 3.23. The quantitative estimate of drug-likeness (QED) is 0.376. The van der Waals surface area contributed by atoms with Gasteiger partial charge in [-0.2, -0.15) is 12.7 Å². The van der Waals surface area contributed by atoms with E-state index in [4.69, 9.17) is 9.47 Å². The zero-order valence-corrected chi connectivity index (χ0v) is 26.5. The molecular formula is C29H47N5O8S. The minimum absolute atomic E-state index is 0.220. The van der Waals surface area contributed by atoms with E-state index < -0.39 is 51.3 Å². The molecule has 13 nitrogen and oxygen atoms in total. The van der Waals surface area contributed by atoms with Crippen molar-refractivity contribution in [3.05, 3.63) is 12.2 Å². The molecule has 3 heterocycles. The molecule has 0 aromatic rings. The highest BCUT2D eigenvalue weighted by Crippen LogP contribution is 2.46. The van der Waals surface area contributed by atoms with Crippen LogP contribution >= 0.6 is 0 Å². The van der Waals surface area contributed by atoms with Crippen molar-refractivity contribution in [2.75, 3.05) is 26.8 Å². The zero-order valence-electron chi connectivity index (χ0n) is 25.7. The predicted molar refractivity (Wildman–Crippen MR) is 158 cm³/mol. The number of allylic oxidation sites excluding steroid dienone is 1. The van der Waals surface area contributed by atoms with E-state index in [0.29, 0.717) is 45.1 Å². The lowest BCUT2D eigenvalue weighted by Crippen LogP contribution is -2.59. The smallest absolute Gasteiger partial charge is 0.408 e. The number of alkyl carbamates (subject to hydrolysis) is 1. The van der Waals surface area contributed by atoms with E-state index in [0.717, 1.165) is 19.3 Å². The molecule has 1 aliphatic carbocycles. The number of nitrogens with one attached hydrogen (secondary N) is 3. The Morgan fingerprint density at radius 2 is 1.81 bits per heavy atom. The van der Waals surface area contributed by atoms with Gasteiger partial charge in [-0.3, -0.25) is 14.4 Å². The number of hydrogen-bond acceptors (Lipinski definition) is 8. The van der Waals surface area contributed by atoms with Crippen LogP contribution in [0, 0.1) is 5.92 Å². The monoisotopic (exact) mass is 625 g/mol. The minimum atomic E-state index is -4.17. The summed E-state index contributed by atoms with van der Waals surface area (Å²) in [5, 5.41) is 5.56. The van der Waals surface area contributed by atoms with Crippen LogP contribution in [-0.2, 0) is 34.1 Å². The van der Waals surface area contributed by atoms with Gasteiger partial charge in [0.05, 0.1) is 6.61 Å². The second-order valence-electron chi connectivity index (χ2n) is 13.0. The summed E-state index contributed by atoms with van der Waals surface area (Å²) in [6, 6.07) is -2.08. The molecule has 242 valence electrons. The van der Waals surface area contributed by atoms with Crippen molar-refractivity contribution in [3.8, 4) is 0 Å². The highest BCUT2D eigenvalue weighted by Gasteiger charge is 2.61. The fourth-order valence-corrected chi connectivity index (χ4v) is 7.76. The first-order valence-corrected chi connectivity index (χ1v) is 16.8. The van der Waals surface area contributed by atoms with Crippen LogP contribution in [0.15, 0.2) is 12.2 Å². The minimum Gasteiger partial charge on any atom is -0.444 e. The molecule has 4 aliphatic rings. The number of carbonyl (C=O) groups is 4. The first kappa shape index (κ1) is 33.2. The van der Waals surface area contributed by atoms with Crippen molar-refractivity contribution in [1.29, 1.82) is 0 Å². The highest BCUT2D eigenvalue weighted by molar-refractivity contribution is 7.87. The number of rotatable bonds is 6. The third-order valence-electron chi connectivity index (χ3n) is 8.54. The first-order valence-electron chi connectivity index (χ1n) is 15.4. The summed E-state index contributed by atoms with van der Waals surface area (Å²) in [6.07, 6.45) is 9.11. The fourth-order valence-electron chi connectivity index (χ4n) is 6.29. The molecule has 0 unspecified atom stereocenters. The van der Waals surface area contributed by atoms with Crippen molar-refractivity contribution < 1.29 is 37.1 Å². The van der Waals surface area contributed by atoms with Gasteiger partial charge < -0.3 is 25.0 Å². The number of hydrogen-bond donors (Lipinski definition) is 3. The van der Waals surface area contributed by atoms with E-state index in [1.807, 2.05) is 12.2 Å². The maximum Gasteiger partial charge on any atom is 0.408 e. The molecular weight excluding hydrogens is 578 g/mol. The van der Waals surface area contributed by atoms with Crippen molar-refractivity contribution in [2.24, 2.45) is 5.92 Å². The predicted octanol–water partition coefficient (Wildman–Crippen LogP) is 1.74. The van der Waals surface area contributed by atoms with Crippen LogP contribution < -0.4 is 15.4 Å². The number of amides is 4. The molecule has 4 rings (SSSR count). The summed E-state index contributed by atoms with van der Waals surface area (Å²) in [5.74, 6) is -2.05. The van der Waals surface area contributed by atoms with Crippen LogP contribution in [-0.4, -0.2) is 97.5 Å². The molecule has 1 saturated carbocycles. The van der Waals surface area contributed by atoms with Crippen molar-refractivity contribution in [1.82, 2.24) is 24.6 Å². The van der Waals surface area contributed by atoms with Crippen LogP contribution in [0.5, 0.6) is 0 Å². The van der Waals surface area contributed by atoms with Gasteiger partial charge in [-0.15, -0.1) is 0 Å². The van der Waals surface area contributed by atoms with E-state index in [2.05, 4.69) is 15.4 Å². The zero-order chi connectivity index (χ0) is 31.4. The SMILES string of the molecule is COC[C@H]1CCCN1S(=O)(=O)NC(=O)[C@@]12C[C@H]1C=CCCCCC[C@H](NC(=O)OC(C)(C)C)C(=O)N1CCC[C@H]1C(=O)N2. The Morgan fingerprint density at radius 1 is 1.07 bits per heavy atom. The molecule has 0 bridgehead atoms. The first-order chi connectivity index (χ1) is 20.3. The molecule has 3 aliphatic heterocycles. The molecule has 0 aromatic heterocycles. The number of methoxy groups -OCH3 is 1.